The topological polar surface area (TPSA) is 103 Å². The summed E-state index contributed by atoms with van der Waals surface area (Å²) in [6, 6.07) is 7.58. The largest absolute Gasteiger partial charge is 0.497 e. The number of aromatic nitrogens is 3. The summed E-state index contributed by atoms with van der Waals surface area (Å²) in [4.78, 5) is 25.5. The molecule has 3 rings (SSSR count). The van der Waals surface area contributed by atoms with Crippen molar-refractivity contribution in [1.29, 1.82) is 0 Å². The zero-order valence-electron chi connectivity index (χ0n) is 13.1. The molecule has 3 aromatic rings. The number of thiazole rings is 1. The van der Waals surface area contributed by atoms with Crippen LogP contribution in [0.4, 0.5) is 10.9 Å². The number of benzene rings is 1. The molecule has 3 N–H and O–H groups in total. The molecule has 122 valence electrons. The van der Waals surface area contributed by atoms with Crippen molar-refractivity contribution >= 4 is 28.2 Å². The number of anilines is 2. The van der Waals surface area contributed by atoms with E-state index in [1.165, 1.54) is 23.7 Å². The van der Waals surface area contributed by atoms with Crippen molar-refractivity contribution in [2.75, 3.05) is 18.2 Å². The first-order valence-electron chi connectivity index (χ1n) is 7.08. The molecule has 0 radical (unpaired) electrons. The fourth-order valence-electron chi connectivity index (χ4n) is 2.15. The van der Waals surface area contributed by atoms with Crippen molar-refractivity contribution in [1.82, 2.24) is 15.0 Å². The Balaban J connectivity index is 1.83. The van der Waals surface area contributed by atoms with Gasteiger partial charge in [-0.1, -0.05) is 0 Å². The molecule has 0 bridgehead atoms. The summed E-state index contributed by atoms with van der Waals surface area (Å²) in [7, 11) is 1.62. The van der Waals surface area contributed by atoms with Crippen LogP contribution in [0.5, 0.6) is 5.75 Å². The van der Waals surface area contributed by atoms with E-state index in [0.717, 1.165) is 21.9 Å². The third kappa shape index (κ3) is 3.18. The monoisotopic (exact) mass is 341 g/mol. The van der Waals surface area contributed by atoms with Gasteiger partial charge in [-0.15, -0.1) is 11.3 Å². The molecule has 0 fully saturated rings. The fraction of sp³-hybridized carbons (Fsp3) is 0.125. The molecular weight excluding hydrogens is 326 g/mol. The summed E-state index contributed by atoms with van der Waals surface area (Å²) >= 11 is 1.38. The number of rotatable bonds is 4. The van der Waals surface area contributed by atoms with E-state index in [1.54, 1.807) is 7.11 Å². The third-order valence-corrected chi connectivity index (χ3v) is 4.21. The zero-order valence-corrected chi connectivity index (χ0v) is 13.9. The Morgan fingerprint density at radius 2 is 1.92 bits per heavy atom. The van der Waals surface area contributed by atoms with Crippen LogP contribution < -0.4 is 15.8 Å². The minimum Gasteiger partial charge on any atom is -0.497 e. The summed E-state index contributed by atoms with van der Waals surface area (Å²) in [5.74, 6) is 0.424. The number of nitrogens with two attached hydrogens (primary N) is 1. The molecule has 2 aromatic heterocycles. The van der Waals surface area contributed by atoms with E-state index >= 15 is 0 Å². The molecule has 0 saturated carbocycles. The highest BCUT2D eigenvalue weighted by Gasteiger charge is 2.16. The van der Waals surface area contributed by atoms with Gasteiger partial charge in [0.2, 0.25) is 0 Å². The molecular formula is C16H15N5O2S. The molecule has 0 spiro atoms. The molecule has 1 aromatic carbocycles. The Kier molecular flexibility index (Phi) is 4.39. The van der Waals surface area contributed by atoms with Gasteiger partial charge in [0.25, 0.3) is 5.91 Å². The van der Waals surface area contributed by atoms with Gasteiger partial charge in [-0.05, 0) is 31.2 Å². The Hall–Kier alpha value is -3.00. The van der Waals surface area contributed by atoms with Crippen LogP contribution in [-0.4, -0.2) is 28.0 Å². The molecule has 2 heterocycles. The Morgan fingerprint density at radius 3 is 2.58 bits per heavy atom. The average Bonchev–Trinajstić information content (AvgIpc) is 2.95. The van der Waals surface area contributed by atoms with E-state index < -0.39 is 5.91 Å². The van der Waals surface area contributed by atoms with E-state index in [2.05, 4.69) is 20.3 Å². The van der Waals surface area contributed by atoms with Crippen LogP contribution in [0.25, 0.3) is 11.3 Å². The van der Waals surface area contributed by atoms with Crippen LogP contribution in [0.2, 0.25) is 0 Å². The molecule has 24 heavy (non-hydrogen) atoms. The number of amides is 1. The second-order valence-corrected chi connectivity index (χ2v) is 6.10. The first-order valence-corrected chi connectivity index (χ1v) is 7.90. The second-order valence-electron chi connectivity index (χ2n) is 4.90. The van der Waals surface area contributed by atoms with Crippen LogP contribution in [0.1, 0.15) is 15.4 Å². The van der Waals surface area contributed by atoms with Crippen molar-refractivity contribution in [3.63, 3.8) is 0 Å². The van der Waals surface area contributed by atoms with Gasteiger partial charge in [-0.25, -0.2) is 15.0 Å². The predicted molar refractivity (Wildman–Crippen MR) is 93.2 cm³/mol. The Morgan fingerprint density at radius 1 is 1.21 bits per heavy atom. The van der Waals surface area contributed by atoms with Crippen LogP contribution in [-0.2, 0) is 0 Å². The van der Waals surface area contributed by atoms with E-state index in [0.29, 0.717) is 5.13 Å². The van der Waals surface area contributed by atoms with E-state index in [4.69, 9.17) is 10.5 Å². The van der Waals surface area contributed by atoms with Crippen LogP contribution in [0.15, 0.2) is 36.7 Å². The van der Waals surface area contributed by atoms with Gasteiger partial charge >= 0.3 is 0 Å². The molecule has 0 aliphatic heterocycles. The molecule has 0 atom stereocenters. The lowest BCUT2D eigenvalue weighted by Crippen LogP contribution is -2.16. The van der Waals surface area contributed by atoms with Crippen LogP contribution in [0, 0.1) is 6.92 Å². The lowest BCUT2D eigenvalue weighted by Gasteiger charge is -2.03. The van der Waals surface area contributed by atoms with E-state index in [-0.39, 0.29) is 11.5 Å². The number of nitrogens with zero attached hydrogens (tertiary/aromatic N) is 3. The van der Waals surface area contributed by atoms with Gasteiger partial charge in [-0.2, -0.15) is 0 Å². The SMILES string of the molecule is COc1ccc(-c2nc(NC(=O)c3nccnc3N)sc2C)cc1. The number of hydrogen-bond acceptors (Lipinski definition) is 7. The summed E-state index contributed by atoms with van der Waals surface area (Å²) in [6.07, 6.45) is 2.85. The molecule has 8 heteroatoms. The summed E-state index contributed by atoms with van der Waals surface area (Å²) in [5.41, 5.74) is 7.50. The van der Waals surface area contributed by atoms with E-state index in [9.17, 15) is 4.79 Å². The van der Waals surface area contributed by atoms with Crippen molar-refractivity contribution < 1.29 is 9.53 Å². The van der Waals surface area contributed by atoms with Crippen molar-refractivity contribution in [3.05, 3.63) is 47.2 Å². The summed E-state index contributed by atoms with van der Waals surface area (Å²) < 4.78 is 5.15. The number of carbonyl (C=O) groups excluding carboxylic acids is 1. The molecule has 0 aliphatic rings. The van der Waals surface area contributed by atoms with Crippen molar-refractivity contribution in [2.45, 2.75) is 6.92 Å². The molecule has 7 nitrogen and oxygen atoms in total. The van der Waals surface area contributed by atoms with Gasteiger partial charge in [0.05, 0.1) is 12.8 Å². The number of ether oxygens (including phenoxy) is 1. The standard InChI is InChI=1S/C16H15N5O2S/c1-9-12(10-3-5-11(23-2)6-4-10)20-16(24-9)21-15(22)13-14(17)19-8-7-18-13/h3-8H,1-2H3,(H2,17,19)(H,20,21,22). The minimum atomic E-state index is -0.435. The second kappa shape index (κ2) is 6.63. The zero-order chi connectivity index (χ0) is 17.1. The number of methoxy groups -OCH3 is 1. The molecule has 1 amide bonds. The summed E-state index contributed by atoms with van der Waals surface area (Å²) in [5, 5.41) is 3.19. The van der Waals surface area contributed by atoms with Gasteiger partial charge in [0.1, 0.15) is 5.75 Å². The van der Waals surface area contributed by atoms with Crippen molar-refractivity contribution in [2.24, 2.45) is 0 Å². The quantitative estimate of drug-likeness (QED) is 0.756. The molecule has 0 saturated heterocycles. The molecule has 0 unspecified atom stereocenters. The van der Waals surface area contributed by atoms with Gasteiger partial charge in [-0.3, -0.25) is 10.1 Å². The highest BCUT2D eigenvalue weighted by molar-refractivity contribution is 7.16. The van der Waals surface area contributed by atoms with E-state index in [1.807, 2.05) is 31.2 Å². The maximum Gasteiger partial charge on any atom is 0.279 e. The van der Waals surface area contributed by atoms with Gasteiger partial charge < -0.3 is 10.5 Å². The fourth-order valence-corrected chi connectivity index (χ4v) is 2.98. The summed E-state index contributed by atoms with van der Waals surface area (Å²) in [6.45, 7) is 1.95. The highest BCUT2D eigenvalue weighted by atomic mass is 32.1. The number of aryl methyl sites for hydroxylation is 1. The normalized spacial score (nSPS) is 10.4. The predicted octanol–water partition coefficient (Wildman–Crippen LogP) is 2.75. The number of nitrogens with one attached hydrogen (secondary N) is 1. The Labute approximate surface area is 142 Å². The Bertz CT molecular complexity index is 876. The lowest BCUT2D eigenvalue weighted by atomic mass is 10.1. The number of hydrogen-bond donors (Lipinski definition) is 2. The lowest BCUT2D eigenvalue weighted by molar-refractivity contribution is 0.102. The highest BCUT2D eigenvalue weighted by Crippen LogP contribution is 2.31. The minimum absolute atomic E-state index is 0.0800. The number of nitrogen functional groups attached to an aromatic ring is 1. The van der Waals surface area contributed by atoms with Crippen LogP contribution in [0.3, 0.4) is 0 Å². The molecule has 0 aliphatic carbocycles. The third-order valence-electron chi connectivity index (χ3n) is 3.32. The van der Waals surface area contributed by atoms with Crippen LogP contribution >= 0.6 is 11.3 Å². The smallest absolute Gasteiger partial charge is 0.279 e. The first kappa shape index (κ1) is 15.9. The van der Waals surface area contributed by atoms with Crippen molar-refractivity contribution in [3.8, 4) is 17.0 Å². The van der Waals surface area contributed by atoms with Gasteiger partial charge in [0.15, 0.2) is 16.6 Å². The maximum atomic E-state index is 12.2. The number of carbonyl (C=O) groups is 1. The maximum absolute atomic E-state index is 12.2. The average molecular weight is 341 g/mol. The first-order chi connectivity index (χ1) is 11.6. The van der Waals surface area contributed by atoms with Gasteiger partial charge in [0, 0.05) is 22.8 Å².